The van der Waals surface area contributed by atoms with Crippen LogP contribution in [0.15, 0.2) is 0 Å². The lowest BCUT2D eigenvalue weighted by atomic mass is 9.97. The summed E-state index contributed by atoms with van der Waals surface area (Å²) in [5.41, 5.74) is 0. The van der Waals surface area contributed by atoms with Crippen LogP contribution in [-0.4, -0.2) is 68.2 Å². The molecule has 2 saturated heterocycles. The SMILES string of the molecule is COC(=O)C1CCN(CCN2CCNC2=O)CC1. The molecule has 102 valence electrons. The molecule has 0 aromatic heterocycles. The number of nitrogens with one attached hydrogen (secondary N) is 1. The molecule has 2 fully saturated rings. The van der Waals surface area contributed by atoms with E-state index >= 15 is 0 Å². The second-order valence-corrected chi connectivity index (χ2v) is 4.86. The van der Waals surface area contributed by atoms with Gasteiger partial charge >= 0.3 is 12.0 Å². The van der Waals surface area contributed by atoms with Gasteiger partial charge in [0.15, 0.2) is 0 Å². The minimum atomic E-state index is -0.0893. The highest BCUT2D eigenvalue weighted by atomic mass is 16.5. The summed E-state index contributed by atoms with van der Waals surface area (Å²) in [4.78, 5) is 26.9. The topological polar surface area (TPSA) is 61.9 Å². The molecule has 0 aromatic carbocycles. The van der Waals surface area contributed by atoms with Crippen LogP contribution in [0.3, 0.4) is 0 Å². The standard InChI is InChI=1S/C12H21N3O3/c1-18-11(16)10-2-5-14(6-3-10)8-9-15-7-4-13-12(15)17/h10H,2-9H2,1H3,(H,13,17). The molecule has 0 unspecified atom stereocenters. The van der Waals surface area contributed by atoms with Gasteiger partial charge in [0.2, 0.25) is 0 Å². The van der Waals surface area contributed by atoms with Crippen molar-refractivity contribution in [1.29, 1.82) is 0 Å². The number of methoxy groups -OCH3 is 1. The molecule has 0 radical (unpaired) electrons. The molecule has 18 heavy (non-hydrogen) atoms. The van der Waals surface area contributed by atoms with E-state index in [1.165, 1.54) is 7.11 Å². The number of rotatable bonds is 4. The number of likely N-dealkylation sites (tertiary alicyclic amines) is 1. The van der Waals surface area contributed by atoms with Gasteiger partial charge in [-0.1, -0.05) is 0 Å². The molecule has 0 aromatic rings. The van der Waals surface area contributed by atoms with Gasteiger partial charge in [-0.2, -0.15) is 0 Å². The Morgan fingerprint density at radius 2 is 2.06 bits per heavy atom. The van der Waals surface area contributed by atoms with Gasteiger partial charge in [-0.15, -0.1) is 0 Å². The summed E-state index contributed by atoms with van der Waals surface area (Å²) in [5.74, 6) is -0.0325. The fourth-order valence-corrected chi connectivity index (χ4v) is 2.55. The van der Waals surface area contributed by atoms with Crippen LogP contribution in [0.4, 0.5) is 4.79 Å². The van der Waals surface area contributed by atoms with E-state index in [2.05, 4.69) is 10.2 Å². The summed E-state index contributed by atoms with van der Waals surface area (Å²) in [6.07, 6.45) is 1.72. The highest BCUT2D eigenvalue weighted by Gasteiger charge is 2.26. The van der Waals surface area contributed by atoms with E-state index in [-0.39, 0.29) is 17.9 Å². The van der Waals surface area contributed by atoms with Crippen LogP contribution in [0.25, 0.3) is 0 Å². The number of ether oxygens (including phenoxy) is 1. The number of carbonyl (C=O) groups is 2. The van der Waals surface area contributed by atoms with Crippen molar-refractivity contribution >= 4 is 12.0 Å². The van der Waals surface area contributed by atoms with Crippen molar-refractivity contribution in [2.75, 3.05) is 46.4 Å². The number of carbonyl (C=O) groups excluding carboxylic acids is 2. The van der Waals surface area contributed by atoms with Gasteiger partial charge in [0, 0.05) is 26.2 Å². The maximum atomic E-state index is 11.4. The van der Waals surface area contributed by atoms with Gasteiger partial charge in [-0.05, 0) is 25.9 Å². The molecule has 2 rings (SSSR count). The summed E-state index contributed by atoms with van der Waals surface area (Å²) < 4.78 is 4.76. The van der Waals surface area contributed by atoms with Crippen molar-refractivity contribution in [3.63, 3.8) is 0 Å². The third-order valence-electron chi connectivity index (χ3n) is 3.75. The van der Waals surface area contributed by atoms with Gasteiger partial charge in [0.05, 0.1) is 13.0 Å². The predicted molar refractivity (Wildman–Crippen MR) is 66.2 cm³/mol. The number of piperidine rings is 1. The van der Waals surface area contributed by atoms with Crippen LogP contribution < -0.4 is 5.32 Å². The Morgan fingerprint density at radius 3 is 2.61 bits per heavy atom. The molecule has 0 saturated carbocycles. The molecule has 0 aliphatic carbocycles. The smallest absolute Gasteiger partial charge is 0.317 e. The van der Waals surface area contributed by atoms with Crippen LogP contribution in [0.2, 0.25) is 0 Å². The largest absolute Gasteiger partial charge is 0.469 e. The predicted octanol–water partition coefficient (Wildman–Crippen LogP) is -0.103. The fourth-order valence-electron chi connectivity index (χ4n) is 2.55. The maximum absolute atomic E-state index is 11.4. The van der Waals surface area contributed by atoms with Crippen LogP contribution >= 0.6 is 0 Å². The second-order valence-electron chi connectivity index (χ2n) is 4.86. The monoisotopic (exact) mass is 255 g/mol. The number of hydrogen-bond donors (Lipinski definition) is 1. The highest BCUT2D eigenvalue weighted by Crippen LogP contribution is 2.18. The first-order chi connectivity index (χ1) is 8.70. The lowest BCUT2D eigenvalue weighted by Crippen LogP contribution is -2.42. The van der Waals surface area contributed by atoms with Gasteiger partial charge in [-0.3, -0.25) is 4.79 Å². The van der Waals surface area contributed by atoms with Crippen molar-refractivity contribution in [3.05, 3.63) is 0 Å². The van der Waals surface area contributed by atoms with Crippen molar-refractivity contribution in [2.24, 2.45) is 5.92 Å². The van der Waals surface area contributed by atoms with Crippen molar-refractivity contribution in [2.45, 2.75) is 12.8 Å². The zero-order chi connectivity index (χ0) is 13.0. The molecule has 2 heterocycles. The van der Waals surface area contributed by atoms with E-state index in [1.807, 2.05) is 4.90 Å². The Labute approximate surface area is 107 Å². The molecule has 0 atom stereocenters. The molecular formula is C12H21N3O3. The van der Waals surface area contributed by atoms with Gasteiger partial charge in [0.1, 0.15) is 0 Å². The molecule has 0 bridgehead atoms. The van der Waals surface area contributed by atoms with E-state index in [0.717, 1.165) is 52.1 Å². The van der Waals surface area contributed by atoms with Crippen LogP contribution in [-0.2, 0) is 9.53 Å². The summed E-state index contributed by atoms with van der Waals surface area (Å²) in [6, 6.07) is 0.0412. The molecule has 1 N–H and O–H groups in total. The van der Waals surface area contributed by atoms with Crippen molar-refractivity contribution < 1.29 is 14.3 Å². The van der Waals surface area contributed by atoms with E-state index in [4.69, 9.17) is 4.74 Å². The quantitative estimate of drug-likeness (QED) is 0.712. The molecule has 0 spiro atoms. The maximum Gasteiger partial charge on any atom is 0.317 e. The van der Waals surface area contributed by atoms with E-state index < -0.39 is 0 Å². The summed E-state index contributed by atoms with van der Waals surface area (Å²) in [6.45, 7) is 5.04. The Kier molecular flexibility index (Phi) is 4.41. The van der Waals surface area contributed by atoms with Gasteiger partial charge in [0.25, 0.3) is 0 Å². The van der Waals surface area contributed by atoms with Crippen molar-refractivity contribution in [3.8, 4) is 0 Å². The second kappa shape index (κ2) is 6.04. The van der Waals surface area contributed by atoms with E-state index in [9.17, 15) is 9.59 Å². The normalized spacial score (nSPS) is 22.1. The Balaban J connectivity index is 1.67. The number of amides is 2. The lowest BCUT2D eigenvalue weighted by molar-refractivity contribution is -0.147. The average Bonchev–Trinajstić information content (AvgIpc) is 2.81. The third kappa shape index (κ3) is 3.13. The molecular weight excluding hydrogens is 234 g/mol. The van der Waals surface area contributed by atoms with Crippen LogP contribution in [0.5, 0.6) is 0 Å². The summed E-state index contributed by atoms with van der Waals surface area (Å²) in [5, 5.41) is 2.79. The zero-order valence-electron chi connectivity index (χ0n) is 10.9. The first kappa shape index (κ1) is 13.1. The van der Waals surface area contributed by atoms with Gasteiger partial charge in [-0.25, -0.2) is 4.79 Å². The minimum Gasteiger partial charge on any atom is -0.469 e. The number of esters is 1. The Bertz CT molecular complexity index is 314. The number of nitrogens with zero attached hydrogens (tertiary/aromatic N) is 2. The van der Waals surface area contributed by atoms with Crippen LogP contribution in [0.1, 0.15) is 12.8 Å². The Morgan fingerprint density at radius 1 is 1.33 bits per heavy atom. The minimum absolute atomic E-state index is 0.0412. The first-order valence-corrected chi connectivity index (χ1v) is 6.53. The molecule has 6 heteroatoms. The summed E-state index contributed by atoms with van der Waals surface area (Å²) >= 11 is 0. The first-order valence-electron chi connectivity index (χ1n) is 6.53. The molecule has 2 amide bonds. The van der Waals surface area contributed by atoms with E-state index in [0.29, 0.717) is 0 Å². The molecule has 2 aliphatic heterocycles. The lowest BCUT2D eigenvalue weighted by Gasteiger charge is -2.31. The van der Waals surface area contributed by atoms with Crippen molar-refractivity contribution in [1.82, 2.24) is 15.1 Å². The molecule has 6 nitrogen and oxygen atoms in total. The fraction of sp³-hybridized carbons (Fsp3) is 0.833. The summed E-state index contributed by atoms with van der Waals surface area (Å²) in [7, 11) is 1.45. The van der Waals surface area contributed by atoms with E-state index in [1.54, 1.807) is 0 Å². The number of hydrogen-bond acceptors (Lipinski definition) is 4. The average molecular weight is 255 g/mol. The van der Waals surface area contributed by atoms with Gasteiger partial charge < -0.3 is 19.9 Å². The zero-order valence-corrected chi connectivity index (χ0v) is 10.9. The number of urea groups is 1. The Hall–Kier alpha value is -1.30. The van der Waals surface area contributed by atoms with Crippen LogP contribution in [0, 0.1) is 5.92 Å². The molecule has 2 aliphatic rings. The highest BCUT2D eigenvalue weighted by molar-refractivity contribution is 5.76. The third-order valence-corrected chi connectivity index (χ3v) is 3.75.